The number of ether oxygens (including phenoxy) is 6. The van der Waals surface area contributed by atoms with Crippen molar-refractivity contribution in [1.82, 2.24) is 5.32 Å². The van der Waals surface area contributed by atoms with Gasteiger partial charge in [-0.25, -0.2) is 4.79 Å². The van der Waals surface area contributed by atoms with Gasteiger partial charge in [0.2, 0.25) is 12.4 Å². The van der Waals surface area contributed by atoms with Crippen LogP contribution in [-0.2, 0) is 25.4 Å². The van der Waals surface area contributed by atoms with Gasteiger partial charge >= 0.3 is 6.16 Å². The zero-order valence-corrected chi connectivity index (χ0v) is 26.0. The van der Waals surface area contributed by atoms with Gasteiger partial charge in [-0.05, 0) is 85.8 Å². The summed E-state index contributed by atoms with van der Waals surface area (Å²) in [6.07, 6.45) is -2.28. The molecule has 1 amide bonds. The van der Waals surface area contributed by atoms with Crippen molar-refractivity contribution in [2.75, 3.05) is 13.7 Å². The van der Waals surface area contributed by atoms with Crippen LogP contribution in [0.3, 0.4) is 0 Å². The lowest BCUT2D eigenvalue weighted by Gasteiger charge is -2.45. The van der Waals surface area contributed by atoms with Gasteiger partial charge < -0.3 is 33.7 Å². The van der Waals surface area contributed by atoms with Crippen molar-refractivity contribution in [2.45, 2.75) is 56.9 Å². The van der Waals surface area contributed by atoms with Gasteiger partial charge in [0.15, 0.2) is 6.10 Å². The van der Waals surface area contributed by atoms with E-state index in [2.05, 4.69) is 17.4 Å². The molecule has 46 heavy (non-hydrogen) atoms. The Kier molecular flexibility index (Phi) is 9.23. The molecule has 4 aromatic carbocycles. The highest BCUT2D eigenvalue weighted by Gasteiger charge is 2.58. The Morgan fingerprint density at radius 1 is 0.826 bits per heavy atom. The zero-order chi connectivity index (χ0) is 32.1. The van der Waals surface area contributed by atoms with E-state index >= 15 is 0 Å². The number of methoxy groups -OCH3 is 1. The van der Waals surface area contributed by atoms with Crippen LogP contribution in [0.2, 0.25) is 0 Å². The average Bonchev–Trinajstić information content (AvgIpc) is 3.45. The van der Waals surface area contributed by atoms with Gasteiger partial charge in [0.25, 0.3) is 5.91 Å². The van der Waals surface area contributed by atoms with Crippen molar-refractivity contribution < 1.29 is 38.0 Å². The molecule has 0 spiro atoms. The van der Waals surface area contributed by atoms with Gasteiger partial charge in [-0.3, -0.25) is 4.79 Å². The van der Waals surface area contributed by atoms with E-state index in [0.717, 1.165) is 29.7 Å². The van der Waals surface area contributed by atoms with E-state index in [1.54, 1.807) is 12.1 Å². The highest BCUT2D eigenvalue weighted by molar-refractivity contribution is 6.01. The molecule has 0 aromatic heterocycles. The Balaban J connectivity index is 1.24. The van der Waals surface area contributed by atoms with E-state index in [1.165, 1.54) is 12.7 Å². The molecule has 9 nitrogen and oxygen atoms in total. The fourth-order valence-electron chi connectivity index (χ4n) is 5.90. The van der Waals surface area contributed by atoms with Crippen LogP contribution in [0.1, 0.15) is 36.2 Å². The average molecular weight is 624 g/mol. The molecular formula is C37H37NO8. The third-order valence-electron chi connectivity index (χ3n) is 8.12. The maximum Gasteiger partial charge on any atom is 0.509 e. The molecule has 0 radical (unpaired) electrons. The second-order valence-electron chi connectivity index (χ2n) is 11.8. The Hall–Kier alpha value is -4.86. The number of benzene rings is 4. The number of carbonyl (C=O) groups is 2. The summed E-state index contributed by atoms with van der Waals surface area (Å²) >= 11 is 0. The Labute approximate surface area is 268 Å². The van der Waals surface area contributed by atoms with Gasteiger partial charge in [0, 0.05) is 13.7 Å². The van der Waals surface area contributed by atoms with E-state index in [-0.39, 0.29) is 5.91 Å². The first-order valence-electron chi connectivity index (χ1n) is 15.3. The minimum absolute atomic E-state index is 0.240. The van der Waals surface area contributed by atoms with E-state index in [0.29, 0.717) is 23.6 Å². The Morgan fingerprint density at radius 3 is 2.20 bits per heavy atom. The highest BCUT2D eigenvalue weighted by atomic mass is 16.8. The molecule has 6 rings (SSSR count). The van der Waals surface area contributed by atoms with Crippen LogP contribution in [0.15, 0.2) is 103 Å². The molecule has 2 aliphatic heterocycles. The standard InChI is InChI=1S/C37H37NO8/c1-37(2)33(41-3)31-32(45-36(40)44-31)35(46-37)43-28-20-21-29(25-16-18-27(19-17-25)42-26-14-8-5-9-15-26)30(23-28)34(39)38-22-10-13-24-11-6-4-7-12-24/h4-9,11-12,14-21,23,31-33,35H,10,13,22H2,1-3H3,(H,38,39)/t31-,32+,33+,35+/m0/s1. The highest BCUT2D eigenvalue weighted by Crippen LogP contribution is 2.39. The van der Waals surface area contributed by atoms with Gasteiger partial charge in [0.05, 0.1) is 11.2 Å². The van der Waals surface area contributed by atoms with Crippen molar-refractivity contribution >= 4 is 12.1 Å². The molecular weight excluding hydrogens is 586 g/mol. The lowest BCUT2D eigenvalue weighted by atomic mass is 9.89. The molecule has 2 aliphatic rings. The number of hydrogen-bond donors (Lipinski definition) is 1. The summed E-state index contributed by atoms with van der Waals surface area (Å²) in [5, 5.41) is 3.07. The second kappa shape index (κ2) is 13.6. The van der Waals surface area contributed by atoms with Crippen molar-refractivity contribution in [3.8, 4) is 28.4 Å². The maximum absolute atomic E-state index is 13.7. The van der Waals surface area contributed by atoms with Crippen molar-refractivity contribution in [3.05, 3.63) is 114 Å². The molecule has 2 fully saturated rings. The van der Waals surface area contributed by atoms with Gasteiger partial charge in [-0.15, -0.1) is 0 Å². The molecule has 2 saturated heterocycles. The monoisotopic (exact) mass is 623 g/mol. The molecule has 238 valence electrons. The third-order valence-corrected chi connectivity index (χ3v) is 8.12. The van der Waals surface area contributed by atoms with Crippen molar-refractivity contribution in [2.24, 2.45) is 0 Å². The normalized spacial score (nSPS) is 21.4. The van der Waals surface area contributed by atoms with E-state index in [9.17, 15) is 9.59 Å². The molecule has 9 heteroatoms. The van der Waals surface area contributed by atoms with Crippen LogP contribution in [0.4, 0.5) is 4.79 Å². The molecule has 0 saturated carbocycles. The topological polar surface area (TPSA) is 102 Å². The van der Waals surface area contributed by atoms with E-state index in [4.69, 9.17) is 28.4 Å². The van der Waals surface area contributed by atoms with E-state index in [1.807, 2.05) is 92.7 Å². The largest absolute Gasteiger partial charge is 0.509 e. The number of carbonyl (C=O) groups excluding carboxylic acids is 2. The lowest BCUT2D eigenvalue weighted by Crippen LogP contribution is -2.62. The molecule has 0 aliphatic carbocycles. The number of aryl methyl sites for hydroxylation is 1. The predicted octanol–water partition coefficient (Wildman–Crippen LogP) is 6.94. The molecule has 4 aromatic rings. The molecule has 4 atom stereocenters. The fourth-order valence-corrected chi connectivity index (χ4v) is 5.90. The van der Waals surface area contributed by atoms with Crippen molar-refractivity contribution in [3.63, 3.8) is 0 Å². The lowest BCUT2D eigenvalue weighted by molar-refractivity contribution is -0.282. The van der Waals surface area contributed by atoms with E-state index < -0.39 is 36.4 Å². The summed E-state index contributed by atoms with van der Waals surface area (Å²) in [5.74, 6) is 1.55. The number of amides is 1. The summed E-state index contributed by atoms with van der Waals surface area (Å²) in [7, 11) is 1.53. The zero-order valence-electron chi connectivity index (χ0n) is 26.0. The maximum atomic E-state index is 13.7. The Bertz CT molecular complexity index is 1640. The first-order valence-corrected chi connectivity index (χ1v) is 15.3. The van der Waals surface area contributed by atoms with Crippen LogP contribution in [0.25, 0.3) is 11.1 Å². The number of para-hydroxylation sites is 1. The first kappa shape index (κ1) is 31.1. The number of nitrogens with one attached hydrogen (secondary N) is 1. The molecule has 2 heterocycles. The van der Waals surface area contributed by atoms with Crippen LogP contribution in [0, 0.1) is 0 Å². The smallest absolute Gasteiger partial charge is 0.461 e. The SMILES string of the molecule is CO[C@@H]1[C@H]2OC(=O)O[C@H]2[C@H](Oc2ccc(-c3ccc(Oc4ccccc4)cc3)c(C(=O)NCCCc3ccccc3)c2)OC1(C)C. The minimum atomic E-state index is -0.986. The molecule has 1 N–H and O–H groups in total. The molecule has 0 bridgehead atoms. The first-order chi connectivity index (χ1) is 22.3. The van der Waals surface area contributed by atoms with Gasteiger partial charge in [-0.1, -0.05) is 60.7 Å². The van der Waals surface area contributed by atoms with Gasteiger partial charge in [0.1, 0.15) is 23.4 Å². The predicted molar refractivity (Wildman–Crippen MR) is 171 cm³/mol. The number of rotatable bonds is 11. The second-order valence-corrected chi connectivity index (χ2v) is 11.8. The number of fused-ring (bicyclic) bond motifs is 1. The van der Waals surface area contributed by atoms with Crippen LogP contribution in [-0.4, -0.2) is 55.9 Å². The van der Waals surface area contributed by atoms with Gasteiger partial charge in [-0.2, -0.15) is 0 Å². The summed E-state index contributed by atoms with van der Waals surface area (Å²) in [6, 6.07) is 32.5. The van der Waals surface area contributed by atoms with Crippen molar-refractivity contribution in [1.29, 1.82) is 0 Å². The summed E-state index contributed by atoms with van der Waals surface area (Å²) in [6.45, 7) is 4.17. The quantitative estimate of drug-likeness (QED) is 0.142. The Morgan fingerprint density at radius 2 is 1.48 bits per heavy atom. The summed E-state index contributed by atoms with van der Waals surface area (Å²) in [4.78, 5) is 25.8. The summed E-state index contributed by atoms with van der Waals surface area (Å²) in [5.41, 5.74) is 2.34. The van der Waals surface area contributed by atoms with Crippen LogP contribution >= 0.6 is 0 Å². The van der Waals surface area contributed by atoms with Crippen LogP contribution in [0.5, 0.6) is 17.2 Å². The minimum Gasteiger partial charge on any atom is -0.461 e. The van der Waals surface area contributed by atoms with Crippen LogP contribution < -0.4 is 14.8 Å². The summed E-state index contributed by atoms with van der Waals surface area (Å²) < 4.78 is 34.9. The third kappa shape index (κ3) is 7.01. The fraction of sp³-hybridized carbons (Fsp3) is 0.297. The molecule has 0 unspecified atom stereocenters. The number of hydrogen-bond acceptors (Lipinski definition) is 8.